The average molecular weight is 558 g/mol. The zero-order valence-electron chi connectivity index (χ0n) is 21.1. The monoisotopic (exact) mass is 557 g/mol. The quantitative estimate of drug-likeness (QED) is 0.245. The lowest BCUT2D eigenvalue weighted by atomic mass is 9.96. The van der Waals surface area contributed by atoms with E-state index in [0.717, 1.165) is 22.4 Å². The van der Waals surface area contributed by atoms with Crippen LogP contribution in [0.3, 0.4) is 0 Å². The van der Waals surface area contributed by atoms with Crippen LogP contribution < -0.4 is 20.9 Å². The van der Waals surface area contributed by atoms with Crippen LogP contribution in [0.2, 0.25) is 0 Å². The lowest BCUT2D eigenvalue weighted by Crippen LogP contribution is -2.47. The molecule has 1 aromatic heterocycles. The summed E-state index contributed by atoms with van der Waals surface area (Å²) in [5.74, 6) is -0.165. The van der Waals surface area contributed by atoms with Gasteiger partial charge in [0.05, 0.1) is 12.7 Å². The second-order valence-corrected chi connectivity index (χ2v) is 12.4. The zero-order valence-corrected chi connectivity index (χ0v) is 22.8. The predicted octanol–water partition coefficient (Wildman–Crippen LogP) is 1.10. The molecule has 1 aliphatic rings. The van der Waals surface area contributed by atoms with E-state index in [0.29, 0.717) is 5.75 Å². The number of esters is 1. The molecule has 0 radical (unpaired) electrons. The number of benzene rings is 1. The Kier molecular flexibility index (Phi) is 9.12. The van der Waals surface area contributed by atoms with Crippen LogP contribution in [-0.2, 0) is 30.6 Å². The van der Waals surface area contributed by atoms with Gasteiger partial charge in [-0.1, -0.05) is 17.7 Å². The van der Waals surface area contributed by atoms with Crippen molar-refractivity contribution in [1.29, 1.82) is 0 Å². The van der Waals surface area contributed by atoms with Crippen molar-refractivity contribution in [2.75, 3.05) is 6.61 Å². The van der Waals surface area contributed by atoms with Gasteiger partial charge in [0, 0.05) is 12.3 Å². The summed E-state index contributed by atoms with van der Waals surface area (Å²) in [7, 11) is 0. The molecule has 4 N–H and O–H groups in total. The minimum absolute atomic E-state index is 0.342. The van der Waals surface area contributed by atoms with E-state index in [9.17, 15) is 24.6 Å². The Morgan fingerprint density at radius 2 is 1.92 bits per heavy atom. The van der Waals surface area contributed by atoms with Gasteiger partial charge in [0.25, 0.3) is 5.56 Å². The maximum Gasteiger partial charge on any atom is 0.330 e. The highest BCUT2D eigenvalue weighted by molar-refractivity contribution is 8.09. The van der Waals surface area contributed by atoms with Crippen LogP contribution in [0.1, 0.15) is 39.5 Å². The molecule has 0 aliphatic carbocycles. The van der Waals surface area contributed by atoms with E-state index >= 15 is 0 Å². The Balaban J connectivity index is 1.81. The van der Waals surface area contributed by atoms with Crippen molar-refractivity contribution < 1.29 is 33.5 Å². The smallest absolute Gasteiger partial charge is 0.330 e. The number of hydrogen-bond donors (Lipinski definition) is 4. The van der Waals surface area contributed by atoms with Crippen molar-refractivity contribution in [1.82, 2.24) is 14.6 Å². The van der Waals surface area contributed by atoms with Gasteiger partial charge in [-0.2, -0.15) is 0 Å². The second kappa shape index (κ2) is 11.6. The molecule has 12 nitrogen and oxygen atoms in total. The zero-order chi connectivity index (χ0) is 27.5. The number of nitrogens with zero attached hydrogens (tertiary/aromatic N) is 1. The van der Waals surface area contributed by atoms with E-state index in [-0.39, 0.29) is 12.7 Å². The van der Waals surface area contributed by atoms with Crippen molar-refractivity contribution in [2.24, 2.45) is 0 Å². The van der Waals surface area contributed by atoms with Crippen molar-refractivity contribution in [3.8, 4) is 5.75 Å². The van der Waals surface area contributed by atoms with Gasteiger partial charge < -0.3 is 28.7 Å². The third kappa shape index (κ3) is 7.14. The summed E-state index contributed by atoms with van der Waals surface area (Å²) in [6, 6.07) is 7.24. The van der Waals surface area contributed by atoms with E-state index in [1.807, 2.05) is 19.1 Å². The van der Waals surface area contributed by atoms with Gasteiger partial charge in [-0.25, -0.2) is 9.88 Å². The summed E-state index contributed by atoms with van der Waals surface area (Å²) in [6.45, 7) is 4.39. The molecule has 1 aromatic carbocycles. The third-order valence-corrected chi connectivity index (χ3v) is 8.07. The van der Waals surface area contributed by atoms with Gasteiger partial charge in [-0.15, -0.1) is 0 Å². The first kappa shape index (κ1) is 29.2. The first-order valence-electron chi connectivity index (χ1n) is 11.6. The summed E-state index contributed by atoms with van der Waals surface area (Å²) in [5, 5.41) is 24.6. The Morgan fingerprint density at radius 3 is 2.51 bits per heavy atom. The largest absolute Gasteiger partial charge is 0.462 e. The molecule has 1 fully saturated rings. The first-order valence-corrected chi connectivity index (χ1v) is 14.2. The minimum Gasteiger partial charge on any atom is -0.462 e. The Bertz CT molecular complexity index is 1260. The van der Waals surface area contributed by atoms with Crippen LogP contribution >= 0.6 is 6.64 Å². The van der Waals surface area contributed by atoms with Crippen LogP contribution in [0.5, 0.6) is 5.75 Å². The van der Waals surface area contributed by atoms with E-state index in [4.69, 9.17) is 30.3 Å². The highest BCUT2D eigenvalue weighted by Crippen LogP contribution is 2.47. The molecule has 0 spiro atoms. The molecule has 1 saturated heterocycles. The Labute approximate surface area is 218 Å². The number of H-pyrrole nitrogens is 1. The van der Waals surface area contributed by atoms with Gasteiger partial charge in [0.2, 0.25) is 0 Å². The number of aromatic amines is 1. The first-order chi connectivity index (χ1) is 17.2. The molecule has 3 rings (SSSR count). The lowest BCUT2D eigenvalue weighted by molar-refractivity contribution is -0.149. The standard InChI is InChI=1S/C23H32N3O9PS/c1-13(2)33-20(29)15(4)25-36(37,35-16-8-6-14(3)7-9-16)32-12-17-19(28)23(5,31)21(34-17)26-11-10-18(27)24-22(26)30/h6-11,13,15,17,19,21,28,31H,12H2,1-5H3,(H,25,37)(H,24,27,30). The molecule has 0 bridgehead atoms. The molecule has 2 heterocycles. The number of carbonyl (C=O) groups excluding carboxylic acids is 1. The fourth-order valence-corrected chi connectivity index (χ4v) is 6.03. The van der Waals surface area contributed by atoms with Crippen LogP contribution in [-0.4, -0.2) is 62.3 Å². The summed E-state index contributed by atoms with van der Waals surface area (Å²) in [5.41, 5.74) is -2.36. The number of carbonyl (C=O) groups is 1. The number of ether oxygens (including phenoxy) is 2. The van der Waals surface area contributed by atoms with E-state index in [1.165, 1.54) is 6.92 Å². The molecule has 204 valence electrons. The maximum absolute atomic E-state index is 12.4. The molecule has 1 aliphatic heterocycles. The van der Waals surface area contributed by atoms with Gasteiger partial charge in [0.15, 0.2) is 6.23 Å². The number of rotatable bonds is 10. The van der Waals surface area contributed by atoms with Crippen LogP contribution in [0.25, 0.3) is 0 Å². The molecule has 0 saturated carbocycles. The molecule has 0 amide bonds. The molecule has 6 atom stereocenters. The number of aromatic nitrogens is 2. The summed E-state index contributed by atoms with van der Waals surface area (Å²) < 4.78 is 23.8. The Hall–Kier alpha value is -2.38. The lowest BCUT2D eigenvalue weighted by Gasteiger charge is -2.28. The normalized spacial score (nSPS) is 26.0. The molecule has 14 heteroatoms. The van der Waals surface area contributed by atoms with Crippen molar-refractivity contribution in [3.05, 3.63) is 62.9 Å². The van der Waals surface area contributed by atoms with Gasteiger partial charge in [0.1, 0.15) is 29.6 Å². The number of nitrogens with one attached hydrogen (secondary N) is 2. The molecular weight excluding hydrogens is 525 g/mol. The number of aliphatic hydroxyl groups is 2. The van der Waals surface area contributed by atoms with Gasteiger partial charge >= 0.3 is 18.3 Å². The molecule has 6 unspecified atom stereocenters. The maximum atomic E-state index is 12.4. The van der Waals surface area contributed by atoms with Crippen molar-refractivity contribution >= 4 is 24.4 Å². The van der Waals surface area contributed by atoms with Crippen LogP contribution in [0, 0.1) is 6.92 Å². The van der Waals surface area contributed by atoms with E-state index in [1.54, 1.807) is 32.9 Å². The summed E-state index contributed by atoms with van der Waals surface area (Å²) in [4.78, 5) is 38.2. The summed E-state index contributed by atoms with van der Waals surface area (Å²) >= 11 is 5.67. The minimum atomic E-state index is -3.44. The topological polar surface area (TPSA) is 161 Å². The highest BCUT2D eigenvalue weighted by Gasteiger charge is 2.53. The third-order valence-electron chi connectivity index (χ3n) is 5.57. The van der Waals surface area contributed by atoms with Gasteiger partial charge in [-0.3, -0.25) is 19.1 Å². The molecule has 2 aromatic rings. The fourth-order valence-electron chi connectivity index (χ4n) is 3.61. The van der Waals surface area contributed by atoms with Crippen LogP contribution in [0.4, 0.5) is 0 Å². The molecular formula is C23H32N3O9PS. The SMILES string of the molecule is Cc1ccc(OP(=S)(NC(C)C(=O)OC(C)C)OCC2OC(n3ccc(=O)[nH]c3=O)C(C)(O)C2O)cc1. The van der Waals surface area contributed by atoms with Crippen molar-refractivity contribution in [2.45, 2.75) is 70.8 Å². The van der Waals surface area contributed by atoms with Gasteiger partial charge in [-0.05, 0) is 58.6 Å². The average Bonchev–Trinajstić information content (AvgIpc) is 3.02. The fraction of sp³-hybridized carbons (Fsp3) is 0.522. The van der Waals surface area contributed by atoms with Crippen molar-refractivity contribution in [3.63, 3.8) is 0 Å². The highest BCUT2D eigenvalue weighted by atomic mass is 32.5. The van der Waals surface area contributed by atoms with E-state index < -0.39 is 53.9 Å². The Morgan fingerprint density at radius 1 is 1.27 bits per heavy atom. The van der Waals surface area contributed by atoms with Crippen LogP contribution in [0.15, 0.2) is 46.1 Å². The predicted molar refractivity (Wildman–Crippen MR) is 138 cm³/mol. The number of hydrogen-bond acceptors (Lipinski definition) is 10. The van der Waals surface area contributed by atoms with E-state index in [2.05, 4.69) is 10.1 Å². The number of aliphatic hydroxyl groups excluding tert-OH is 1. The molecule has 37 heavy (non-hydrogen) atoms. The summed E-state index contributed by atoms with van der Waals surface area (Å²) in [6.07, 6.45) is -3.15. The number of aryl methyl sites for hydroxylation is 1. The second-order valence-electron chi connectivity index (χ2n) is 9.25.